The Kier molecular flexibility index (Phi) is 4.55. The van der Waals surface area contributed by atoms with Crippen LogP contribution in [0.25, 0.3) is 0 Å². The first-order valence-electron chi connectivity index (χ1n) is 5.34. The van der Waals surface area contributed by atoms with Crippen LogP contribution >= 0.6 is 27.5 Å². The Balaban J connectivity index is 2.16. The van der Waals surface area contributed by atoms with Gasteiger partial charge < -0.3 is 10.1 Å². The number of ether oxygens (including phenoxy) is 1. The number of aromatic nitrogens is 2. The number of hydrogen-bond acceptors (Lipinski definition) is 4. The molecule has 0 saturated heterocycles. The van der Waals surface area contributed by atoms with Gasteiger partial charge in [-0.1, -0.05) is 27.5 Å². The van der Waals surface area contributed by atoms with Crippen LogP contribution in [0.3, 0.4) is 0 Å². The quantitative estimate of drug-likeness (QED) is 0.918. The second-order valence-corrected chi connectivity index (χ2v) is 4.97. The molecule has 4 nitrogen and oxygen atoms in total. The van der Waals surface area contributed by atoms with Crippen molar-refractivity contribution in [3.05, 3.63) is 45.3 Å². The molecule has 19 heavy (non-hydrogen) atoms. The lowest BCUT2D eigenvalue weighted by Crippen LogP contribution is -2.05. The van der Waals surface area contributed by atoms with Crippen LogP contribution in [-0.4, -0.2) is 17.1 Å². The van der Waals surface area contributed by atoms with E-state index in [1.54, 1.807) is 12.1 Å². The Labute approximate surface area is 123 Å². The van der Waals surface area contributed by atoms with Gasteiger partial charge in [-0.2, -0.15) is 4.98 Å². The summed E-state index contributed by atoms with van der Waals surface area (Å²) >= 11 is 9.24. The van der Waals surface area contributed by atoms with Crippen molar-refractivity contribution < 1.29 is 9.13 Å². The summed E-state index contributed by atoms with van der Waals surface area (Å²) < 4.78 is 19.3. The minimum atomic E-state index is -0.298. The molecule has 0 aliphatic rings. The molecule has 0 fully saturated rings. The highest BCUT2D eigenvalue weighted by Crippen LogP contribution is 2.22. The van der Waals surface area contributed by atoms with Crippen LogP contribution < -0.4 is 10.1 Å². The van der Waals surface area contributed by atoms with Gasteiger partial charge >= 0.3 is 6.01 Å². The minimum Gasteiger partial charge on any atom is -0.467 e. The van der Waals surface area contributed by atoms with Crippen LogP contribution in [0.4, 0.5) is 10.2 Å². The number of nitrogens with zero attached hydrogens (tertiary/aromatic N) is 2. The monoisotopic (exact) mass is 345 g/mol. The van der Waals surface area contributed by atoms with Gasteiger partial charge in [0.2, 0.25) is 0 Å². The molecule has 100 valence electrons. The molecular weight excluding hydrogens is 337 g/mol. The Morgan fingerprint density at radius 1 is 1.47 bits per heavy atom. The Hall–Kier alpha value is -1.40. The van der Waals surface area contributed by atoms with Crippen molar-refractivity contribution in [1.29, 1.82) is 0 Å². The average molecular weight is 347 g/mol. The average Bonchev–Trinajstić information content (AvgIpc) is 2.41. The van der Waals surface area contributed by atoms with Gasteiger partial charge in [-0.3, -0.25) is 0 Å². The van der Waals surface area contributed by atoms with Gasteiger partial charge in [0.1, 0.15) is 10.8 Å². The van der Waals surface area contributed by atoms with Crippen LogP contribution in [-0.2, 0) is 6.54 Å². The van der Waals surface area contributed by atoms with Crippen LogP contribution in [0.2, 0.25) is 5.02 Å². The first-order valence-corrected chi connectivity index (χ1v) is 6.51. The van der Waals surface area contributed by atoms with E-state index in [9.17, 15) is 4.39 Å². The van der Waals surface area contributed by atoms with Gasteiger partial charge in [0.25, 0.3) is 0 Å². The molecule has 0 unspecified atom stereocenters. The minimum absolute atomic E-state index is 0.196. The summed E-state index contributed by atoms with van der Waals surface area (Å²) in [5.41, 5.74) is 0.503. The fourth-order valence-corrected chi connectivity index (χ4v) is 2.00. The fraction of sp³-hybridized carbons (Fsp3) is 0.167. The van der Waals surface area contributed by atoms with Crippen LogP contribution in [0.15, 0.2) is 28.9 Å². The molecule has 0 aliphatic carbocycles. The molecule has 0 spiro atoms. The van der Waals surface area contributed by atoms with E-state index in [-0.39, 0.29) is 18.4 Å². The summed E-state index contributed by atoms with van der Waals surface area (Å²) in [4.78, 5) is 7.90. The number of rotatable bonds is 4. The number of halogens is 3. The van der Waals surface area contributed by atoms with Gasteiger partial charge in [-0.05, 0) is 18.2 Å². The first-order chi connectivity index (χ1) is 9.10. The van der Waals surface area contributed by atoms with Gasteiger partial charge in [0.05, 0.1) is 13.3 Å². The van der Waals surface area contributed by atoms with Crippen molar-refractivity contribution in [1.82, 2.24) is 9.97 Å². The second kappa shape index (κ2) is 6.16. The Morgan fingerprint density at radius 2 is 2.26 bits per heavy atom. The number of benzene rings is 1. The largest absolute Gasteiger partial charge is 0.467 e. The van der Waals surface area contributed by atoms with Crippen molar-refractivity contribution in [2.45, 2.75) is 6.54 Å². The maximum atomic E-state index is 13.6. The normalized spacial score (nSPS) is 10.3. The summed E-state index contributed by atoms with van der Waals surface area (Å²) in [5, 5.41) is 3.29. The highest BCUT2D eigenvalue weighted by atomic mass is 79.9. The molecular formula is C12H10BrClFN3O. The molecule has 0 radical (unpaired) electrons. The van der Waals surface area contributed by atoms with E-state index in [1.807, 2.05) is 0 Å². The Bertz CT molecular complexity index is 597. The van der Waals surface area contributed by atoms with Crippen molar-refractivity contribution in [3.63, 3.8) is 0 Å². The molecule has 1 N–H and O–H groups in total. The second-order valence-electron chi connectivity index (χ2n) is 3.64. The fourth-order valence-electron chi connectivity index (χ4n) is 1.43. The molecule has 1 aromatic carbocycles. The molecule has 0 saturated carbocycles. The lowest BCUT2D eigenvalue weighted by atomic mass is 10.2. The topological polar surface area (TPSA) is 47.0 Å². The molecule has 0 aliphatic heterocycles. The predicted octanol–water partition coefficient (Wildman–Crippen LogP) is 3.65. The zero-order valence-corrected chi connectivity index (χ0v) is 12.3. The summed E-state index contributed by atoms with van der Waals surface area (Å²) in [7, 11) is 1.46. The summed E-state index contributed by atoms with van der Waals surface area (Å²) in [6.07, 6.45) is 1.42. The third-order valence-electron chi connectivity index (χ3n) is 2.36. The van der Waals surface area contributed by atoms with Crippen molar-refractivity contribution in [2.24, 2.45) is 0 Å². The maximum Gasteiger partial charge on any atom is 0.318 e. The molecule has 7 heteroatoms. The molecule has 2 rings (SSSR count). The maximum absolute atomic E-state index is 13.6. The lowest BCUT2D eigenvalue weighted by molar-refractivity contribution is 0.380. The third-order valence-corrected chi connectivity index (χ3v) is 3.13. The molecule has 1 heterocycles. The lowest BCUT2D eigenvalue weighted by Gasteiger charge is -2.09. The van der Waals surface area contributed by atoms with Crippen molar-refractivity contribution in [2.75, 3.05) is 12.4 Å². The molecule has 0 amide bonds. The van der Waals surface area contributed by atoms with E-state index in [0.717, 1.165) is 4.47 Å². The zero-order chi connectivity index (χ0) is 13.8. The van der Waals surface area contributed by atoms with E-state index in [0.29, 0.717) is 16.4 Å². The standard InChI is InChI=1S/C12H10BrClFN3O/c1-19-12-17-6-9(14)11(18-12)16-5-7-4-8(13)2-3-10(7)15/h2-4,6H,5H2,1H3,(H,16,17,18). The highest BCUT2D eigenvalue weighted by Gasteiger charge is 2.07. The number of nitrogens with one attached hydrogen (secondary N) is 1. The van der Waals surface area contributed by atoms with Crippen molar-refractivity contribution >= 4 is 33.3 Å². The smallest absolute Gasteiger partial charge is 0.318 e. The van der Waals surface area contributed by atoms with E-state index < -0.39 is 0 Å². The Morgan fingerprint density at radius 3 is 3.00 bits per heavy atom. The first kappa shape index (κ1) is 14.0. The van der Waals surface area contributed by atoms with Gasteiger partial charge in [0.15, 0.2) is 5.82 Å². The molecule has 1 aromatic heterocycles. The number of anilines is 1. The summed E-state index contributed by atoms with van der Waals surface area (Å²) in [5.74, 6) is 0.0979. The summed E-state index contributed by atoms with van der Waals surface area (Å²) in [6.45, 7) is 0.255. The van der Waals surface area contributed by atoms with Crippen molar-refractivity contribution in [3.8, 4) is 6.01 Å². The third kappa shape index (κ3) is 3.54. The van der Waals surface area contributed by atoms with E-state index in [1.165, 1.54) is 19.4 Å². The molecule has 0 atom stereocenters. The summed E-state index contributed by atoms with van der Waals surface area (Å²) in [6, 6.07) is 4.92. The van der Waals surface area contributed by atoms with Crippen LogP contribution in [0.5, 0.6) is 6.01 Å². The zero-order valence-electron chi connectivity index (χ0n) is 9.95. The number of methoxy groups -OCH3 is 1. The molecule has 2 aromatic rings. The van der Waals surface area contributed by atoms with E-state index in [2.05, 4.69) is 31.2 Å². The highest BCUT2D eigenvalue weighted by molar-refractivity contribution is 9.10. The molecule has 0 bridgehead atoms. The van der Waals surface area contributed by atoms with E-state index >= 15 is 0 Å². The van der Waals surface area contributed by atoms with Gasteiger partial charge in [-0.25, -0.2) is 9.37 Å². The van der Waals surface area contributed by atoms with Crippen LogP contribution in [0, 0.1) is 5.82 Å². The number of hydrogen-bond donors (Lipinski definition) is 1. The van der Waals surface area contributed by atoms with Gasteiger partial charge in [-0.15, -0.1) is 0 Å². The van der Waals surface area contributed by atoms with Gasteiger partial charge in [0, 0.05) is 16.6 Å². The van der Waals surface area contributed by atoms with Crippen LogP contribution in [0.1, 0.15) is 5.56 Å². The predicted molar refractivity (Wildman–Crippen MR) is 75.0 cm³/mol. The SMILES string of the molecule is COc1ncc(Cl)c(NCc2cc(Br)ccc2F)n1. The van der Waals surface area contributed by atoms with E-state index in [4.69, 9.17) is 16.3 Å².